The molecule has 22 rings (SSSR count). The Morgan fingerprint density at radius 1 is 0.374 bits per heavy atom. The Bertz CT molecular complexity index is 5370. The van der Waals surface area contributed by atoms with Gasteiger partial charge in [0, 0.05) is 57.2 Å². The fraction of sp³-hybridized carbons (Fsp3) is 0.557. The molecule has 17 heteroatoms. The normalized spacial score (nSPS) is 36.0. The van der Waals surface area contributed by atoms with Crippen LogP contribution in [0.3, 0.4) is 0 Å². The van der Waals surface area contributed by atoms with Crippen LogP contribution >= 0.6 is 15.9 Å². The van der Waals surface area contributed by atoms with Crippen LogP contribution in [0.5, 0.6) is 28.7 Å². The third kappa shape index (κ3) is 15.3. The molecule has 6 aromatic carbocycles. The summed E-state index contributed by atoms with van der Waals surface area (Å²) in [5, 5.41) is 109. The van der Waals surface area contributed by atoms with E-state index in [2.05, 4.69) is 87.0 Å². The number of aryl methyl sites for hydroxylation is 3. The van der Waals surface area contributed by atoms with Crippen LogP contribution in [0.2, 0.25) is 0 Å². The quantitative estimate of drug-likeness (QED) is 0.0497. The Labute approximate surface area is 733 Å². The zero-order chi connectivity index (χ0) is 88.0. The number of aliphatic hydroxyl groups excluding tert-OH is 6. The number of hydrogen-bond acceptors (Lipinski definition) is 16. The molecule has 0 saturated heterocycles. The molecular weight excluding hydrogens is 1610 g/mol. The number of halogens is 1. The van der Waals surface area contributed by atoms with Gasteiger partial charge >= 0.3 is 0 Å². The highest BCUT2D eigenvalue weighted by Crippen LogP contribution is 2.64. The van der Waals surface area contributed by atoms with E-state index in [0.717, 1.165) is 147 Å². The molecule has 0 amide bonds. The molecule has 16 aliphatic carbocycles. The van der Waals surface area contributed by atoms with Gasteiger partial charge in [0.05, 0.1) is 29.2 Å². The lowest BCUT2D eigenvalue weighted by atomic mass is 9.60. The third-order valence-corrected chi connectivity index (χ3v) is 35.8. The van der Waals surface area contributed by atoms with Crippen molar-refractivity contribution in [2.24, 2.45) is 73.4 Å². The number of phenolic OH excluding ortho intramolecular Hbond substituents is 5. The minimum Gasteiger partial charge on any atom is -0.508 e. The van der Waals surface area contributed by atoms with Crippen molar-refractivity contribution in [3.63, 3.8) is 0 Å². The first-order valence-electron chi connectivity index (χ1n) is 45.9. The van der Waals surface area contributed by atoms with Gasteiger partial charge in [-0.15, -0.1) is 0 Å². The fourth-order valence-electron chi connectivity index (χ4n) is 26.3. The molecule has 0 bridgehead atoms. The lowest BCUT2D eigenvalue weighted by Crippen LogP contribution is -2.38. The Morgan fingerprint density at radius 3 is 1.37 bits per heavy atom. The maximum atomic E-state index is 12.5. The van der Waals surface area contributed by atoms with E-state index in [1.807, 2.05) is 84.0 Å². The zero-order valence-corrected chi connectivity index (χ0v) is 75.3. The number of ketones is 5. The number of fused-ring (bicyclic) bond motifs is 23. The van der Waals surface area contributed by atoms with Gasteiger partial charge in [0.1, 0.15) is 52.5 Å². The average Bonchev–Trinajstić information content (AvgIpc) is 1.64. The third-order valence-electron chi connectivity index (χ3n) is 35.0. The summed E-state index contributed by atoms with van der Waals surface area (Å²) >= 11 is 3.58. The number of carbonyl (C=O) groups is 5. The molecule has 16 nitrogen and oxygen atoms in total. The Kier molecular flexibility index (Phi) is 23.8. The summed E-state index contributed by atoms with van der Waals surface area (Å²) in [7, 11) is 0. The highest BCUT2D eigenvalue weighted by molar-refractivity contribution is 9.10. The molecule has 0 heterocycles. The molecule has 9 unspecified atom stereocenters. The highest BCUT2D eigenvalue weighted by atomic mass is 79.9. The summed E-state index contributed by atoms with van der Waals surface area (Å²) in [4.78, 5) is 60.5. The van der Waals surface area contributed by atoms with Gasteiger partial charge in [0.25, 0.3) is 0 Å². The average molecular weight is 1740 g/mol. The lowest BCUT2D eigenvalue weighted by molar-refractivity contribution is -0.132. The summed E-state index contributed by atoms with van der Waals surface area (Å²) in [6.07, 6.45) is 23.3. The number of alkyl halides is 1. The second-order valence-corrected chi connectivity index (χ2v) is 43.1. The van der Waals surface area contributed by atoms with Crippen molar-refractivity contribution in [1.82, 2.24) is 0 Å². The second kappa shape index (κ2) is 33.1. The first-order chi connectivity index (χ1) is 58.1. The number of carbonyl (C=O) groups excluding carboxylic acids is 5. The Morgan fingerprint density at radius 2 is 0.846 bits per heavy atom. The van der Waals surface area contributed by atoms with Gasteiger partial charge in [0.2, 0.25) is 0 Å². The number of aromatic hydroxyl groups is 5. The van der Waals surface area contributed by atoms with E-state index >= 15 is 0 Å². The standard InChI is InChI=1S/C18H19BrO2.2C18H20O3.2C18H20O2.C8H16O2.C8H14O2/c1-18-7-6-13-12-5-3-11(20)8-10(12)2-4-14(13)15(18)9-16(19)17(18)21;2*1-18-7-6-13-12-5-3-11(19)8-10(12)2-4-14(13)15(18)9-16(20)17(18)21;2*1-18-9-8-14-13-5-3-12(19)10-11(13)2-4-15(14)16(18)6-7-17(18)20;2*1-5-4-6(9)7(10)8(5,2)3/h3-5,8,13,15-16,20H,2,6-7,9H2,1H3;3,5,8,15-16,19-20H,2,4,6-7,9H2,1H3;2-5,8,15-17,19-21H,6-7,9H2,1H3;3,5,10,16,19H,2,4,6-9H2,1H3;3-5,10,14,16,19H,2,6-9H2,1H3;5-7,9-10H,4H2,1-3H3;5-6,9H,4H2,1-3H3/t13?,15?,16?,18-;15?,16-,18+;15-,16-,17+,18+;16?,18-;14?,16?,18-;5?,6-,7+;5?,6-/m0110011/s1. The number of benzene rings is 6. The largest absolute Gasteiger partial charge is 0.508 e. The minimum absolute atomic E-state index is 0.000000000000000444. The van der Waals surface area contributed by atoms with E-state index in [1.54, 1.807) is 42.0 Å². The Hall–Kier alpha value is -7.87. The van der Waals surface area contributed by atoms with E-state index in [9.17, 15) is 75.0 Å². The van der Waals surface area contributed by atoms with Crippen LogP contribution < -0.4 is 0 Å². The molecule has 9 fully saturated rings. The maximum absolute atomic E-state index is 12.5. The number of hydrogen-bond donors (Lipinski definition) is 11. The predicted octanol–water partition coefficient (Wildman–Crippen LogP) is 19.0. The van der Waals surface area contributed by atoms with Crippen LogP contribution in [0, 0.1) is 73.4 Å². The van der Waals surface area contributed by atoms with Gasteiger partial charge in [-0.1, -0.05) is 169 Å². The smallest absolute Gasteiger partial charge is 0.167 e. The van der Waals surface area contributed by atoms with Crippen LogP contribution in [0.4, 0.5) is 0 Å². The van der Waals surface area contributed by atoms with Gasteiger partial charge in [-0.05, 0) is 333 Å². The van der Waals surface area contributed by atoms with Crippen LogP contribution in [-0.4, -0.2) is 127 Å². The molecule has 0 radical (unpaired) electrons. The van der Waals surface area contributed by atoms with Crippen molar-refractivity contribution in [1.29, 1.82) is 0 Å². The molecule has 11 N–H and O–H groups in total. The number of Topliss-reactive ketones (excluding diaryl/α,β-unsaturated/α-hetero) is 5. The highest BCUT2D eigenvalue weighted by Gasteiger charge is 2.59. The number of allylic oxidation sites excluding steroid dienone is 8. The molecule has 0 aromatic heterocycles. The topological polar surface area (TPSA) is 308 Å². The fourth-order valence-corrected chi connectivity index (χ4v) is 27.2. The summed E-state index contributed by atoms with van der Waals surface area (Å²) in [5.41, 5.74) is 20.2. The SMILES string of the molecule is CC1C[C@@H](O)C(=O)C1(C)C.CC1C[C@@H](O)[C@H](O)C1(C)C.C[C@]12CCC3=C(CCc4cc(O)ccc43)C1CCC2=O.C[C@]12CCC3=C(CCc4cc(O)ccc43)C1C[C@@H](O)C2=O.C[C@]12CCC3C(=CCc4cc(O)ccc43)C1CC(Br)C2=O.C[C@]12CCC3C(=CCc4cc(O)ccc43)C1CCC2=O.C[C@]12CCc3c(ccc4cc(O)ccc34)[C@H]1C[C@@H](O)[C@@H]2O. The van der Waals surface area contributed by atoms with Crippen LogP contribution in [0.25, 0.3) is 21.9 Å². The molecule has 0 aliphatic heterocycles. The number of aliphatic hydroxyl groups is 6. The van der Waals surface area contributed by atoms with Crippen molar-refractivity contribution in [3.05, 3.63) is 193 Å². The molecule has 16 aliphatic rings. The molecule has 21 atom stereocenters. The zero-order valence-electron chi connectivity index (χ0n) is 73.7. The molecule has 0 spiro atoms. The van der Waals surface area contributed by atoms with E-state index in [-0.39, 0.29) is 71.9 Å². The monoisotopic (exact) mass is 1740 g/mol. The summed E-state index contributed by atoms with van der Waals surface area (Å²) in [6, 6.07) is 32.6. The van der Waals surface area contributed by atoms with Crippen molar-refractivity contribution in [2.75, 3.05) is 0 Å². The minimum atomic E-state index is -0.784. The van der Waals surface area contributed by atoms with Gasteiger partial charge < -0.3 is 56.2 Å². The summed E-state index contributed by atoms with van der Waals surface area (Å²) in [5.74, 6) is 6.43. The van der Waals surface area contributed by atoms with Crippen LogP contribution in [0.15, 0.2) is 138 Å². The molecule has 6 aromatic rings. The first-order valence-corrected chi connectivity index (χ1v) is 46.8. The molecular formula is C106H129BrO16. The van der Waals surface area contributed by atoms with Gasteiger partial charge in [-0.25, -0.2) is 0 Å². The van der Waals surface area contributed by atoms with E-state index in [0.29, 0.717) is 101 Å². The lowest BCUT2D eigenvalue weighted by Gasteiger charge is -2.43. The van der Waals surface area contributed by atoms with E-state index < -0.39 is 36.6 Å². The summed E-state index contributed by atoms with van der Waals surface area (Å²) < 4.78 is 0. The van der Waals surface area contributed by atoms with E-state index in [1.165, 1.54) is 88.9 Å². The van der Waals surface area contributed by atoms with Crippen molar-refractivity contribution >= 4 is 66.8 Å². The van der Waals surface area contributed by atoms with Crippen molar-refractivity contribution in [2.45, 2.75) is 296 Å². The summed E-state index contributed by atoms with van der Waals surface area (Å²) in [6.45, 7) is 22.5. The van der Waals surface area contributed by atoms with Gasteiger partial charge in [-0.2, -0.15) is 0 Å². The number of phenols is 5. The number of rotatable bonds is 0. The Balaban J connectivity index is 0.000000108. The maximum Gasteiger partial charge on any atom is 0.167 e. The van der Waals surface area contributed by atoms with Gasteiger partial charge in [-0.3, -0.25) is 24.0 Å². The molecule has 656 valence electrons. The van der Waals surface area contributed by atoms with E-state index in [4.69, 9.17) is 5.11 Å². The van der Waals surface area contributed by atoms with Crippen LogP contribution in [0.1, 0.15) is 278 Å². The molecule has 123 heavy (non-hydrogen) atoms. The first kappa shape index (κ1) is 88.6. The van der Waals surface area contributed by atoms with Crippen molar-refractivity contribution in [3.8, 4) is 28.7 Å². The van der Waals surface area contributed by atoms with Gasteiger partial charge in [0.15, 0.2) is 17.3 Å². The predicted molar refractivity (Wildman–Crippen MR) is 481 cm³/mol. The molecule has 9 saturated carbocycles. The van der Waals surface area contributed by atoms with Crippen LogP contribution in [-0.2, 0) is 56.1 Å². The van der Waals surface area contributed by atoms with Crippen molar-refractivity contribution < 1.29 is 80.1 Å². The second-order valence-electron chi connectivity index (χ2n) is 42.0.